The Morgan fingerprint density at radius 2 is 2.10 bits per heavy atom. The van der Waals surface area contributed by atoms with E-state index in [2.05, 4.69) is 0 Å². The fraction of sp³-hybridized carbons (Fsp3) is 0.400. The quantitative estimate of drug-likeness (QED) is 0.804. The first-order chi connectivity index (χ1) is 9.54. The molecule has 2 rings (SSSR count). The molecule has 0 N–H and O–H groups in total. The number of halogens is 1. The van der Waals surface area contributed by atoms with Crippen LogP contribution in [0.3, 0.4) is 0 Å². The summed E-state index contributed by atoms with van der Waals surface area (Å²) in [5.74, 6) is -1.94. The van der Waals surface area contributed by atoms with Gasteiger partial charge in [0, 0.05) is 17.3 Å². The number of carbonyl (C=O) groups is 2. The van der Waals surface area contributed by atoms with Crippen LogP contribution in [0.5, 0.6) is 0 Å². The van der Waals surface area contributed by atoms with E-state index in [1.807, 2.05) is 6.07 Å². The molecule has 1 aromatic rings. The first-order valence-corrected chi connectivity index (χ1v) is 6.92. The maximum atomic E-state index is 12.4. The zero-order chi connectivity index (χ0) is 14.7. The summed E-state index contributed by atoms with van der Waals surface area (Å²) >= 11 is 5.83. The van der Waals surface area contributed by atoms with E-state index in [9.17, 15) is 9.59 Å². The van der Waals surface area contributed by atoms with Gasteiger partial charge in [0.2, 0.25) is 5.91 Å². The number of hydrogen-bond acceptors (Lipinski definition) is 3. The van der Waals surface area contributed by atoms with Crippen LogP contribution in [-0.4, -0.2) is 18.2 Å². The van der Waals surface area contributed by atoms with Gasteiger partial charge >= 0.3 is 0 Å². The van der Waals surface area contributed by atoms with E-state index in [1.165, 1.54) is 6.92 Å². The predicted molar refractivity (Wildman–Crippen MR) is 76.3 cm³/mol. The third kappa shape index (κ3) is 2.83. The normalized spacial score (nSPS) is 20.4. The Labute approximate surface area is 122 Å². The number of carbonyl (C=O) groups excluding carboxylic acids is 2. The zero-order valence-electron chi connectivity index (χ0n) is 11.2. The maximum Gasteiger partial charge on any atom is 0.237 e. The fourth-order valence-electron chi connectivity index (χ4n) is 2.38. The van der Waals surface area contributed by atoms with E-state index in [0.717, 1.165) is 12.1 Å². The molecule has 0 saturated carbocycles. The first kappa shape index (κ1) is 14.5. The van der Waals surface area contributed by atoms with Crippen LogP contribution >= 0.6 is 11.6 Å². The Bertz CT molecular complexity index is 562. The van der Waals surface area contributed by atoms with Gasteiger partial charge in [-0.1, -0.05) is 11.6 Å². The summed E-state index contributed by atoms with van der Waals surface area (Å²) in [4.78, 5) is 26.1. The number of piperidine rings is 1. The highest BCUT2D eigenvalue weighted by Gasteiger charge is 2.36. The first-order valence-electron chi connectivity index (χ1n) is 6.55. The van der Waals surface area contributed by atoms with E-state index in [1.54, 1.807) is 29.2 Å². The van der Waals surface area contributed by atoms with Crippen molar-refractivity contribution in [1.82, 2.24) is 0 Å². The van der Waals surface area contributed by atoms with Crippen molar-refractivity contribution < 1.29 is 9.59 Å². The molecule has 2 atom stereocenters. The number of anilines is 1. The van der Waals surface area contributed by atoms with Crippen molar-refractivity contribution in [3.8, 4) is 6.07 Å². The molecule has 1 aliphatic rings. The highest BCUT2D eigenvalue weighted by molar-refractivity contribution is 6.30. The number of nitrogens with zero attached hydrogens (tertiary/aromatic N) is 2. The van der Waals surface area contributed by atoms with Gasteiger partial charge in [-0.3, -0.25) is 9.59 Å². The van der Waals surface area contributed by atoms with Gasteiger partial charge in [-0.05, 0) is 44.0 Å². The topological polar surface area (TPSA) is 61.2 Å². The molecule has 104 valence electrons. The van der Waals surface area contributed by atoms with Crippen molar-refractivity contribution in [1.29, 1.82) is 5.26 Å². The van der Waals surface area contributed by atoms with E-state index in [-0.39, 0.29) is 11.7 Å². The second-order valence-electron chi connectivity index (χ2n) is 4.91. The van der Waals surface area contributed by atoms with Crippen LogP contribution in [0.4, 0.5) is 5.69 Å². The van der Waals surface area contributed by atoms with Crippen LogP contribution in [0.15, 0.2) is 24.3 Å². The highest BCUT2D eigenvalue weighted by Crippen LogP contribution is 2.27. The molecule has 0 aromatic heterocycles. The average Bonchev–Trinajstić information content (AvgIpc) is 2.47. The van der Waals surface area contributed by atoms with Crippen LogP contribution in [0.1, 0.15) is 19.8 Å². The minimum absolute atomic E-state index is 0.217. The standard InChI is InChI=1S/C15H15ClN2O2/c1-10(9-17)14(19)13-3-2-8-18(15(13)20)12-6-4-11(16)5-7-12/h4-7,10,13H,2-3,8H2,1H3/t10-,13+/m1/s1. The number of ketones is 1. The van der Waals surface area contributed by atoms with Crippen LogP contribution in [0.25, 0.3) is 0 Å². The Morgan fingerprint density at radius 3 is 2.70 bits per heavy atom. The Kier molecular flexibility index (Phi) is 4.41. The summed E-state index contributed by atoms with van der Waals surface area (Å²) in [6.07, 6.45) is 1.27. The third-order valence-electron chi connectivity index (χ3n) is 3.54. The number of nitriles is 1. The molecule has 0 aliphatic carbocycles. The molecule has 1 fully saturated rings. The van der Waals surface area contributed by atoms with Crippen LogP contribution in [-0.2, 0) is 9.59 Å². The smallest absolute Gasteiger partial charge is 0.237 e. The Hall–Kier alpha value is -1.86. The molecule has 1 heterocycles. The van der Waals surface area contributed by atoms with Crippen molar-refractivity contribution in [3.63, 3.8) is 0 Å². The lowest BCUT2D eigenvalue weighted by molar-refractivity contribution is -0.135. The van der Waals surface area contributed by atoms with Crippen molar-refractivity contribution in [2.24, 2.45) is 11.8 Å². The summed E-state index contributed by atoms with van der Waals surface area (Å²) in [6.45, 7) is 2.13. The number of Topliss-reactive ketones (excluding diaryl/α,β-unsaturated/α-hetero) is 1. The number of hydrogen-bond donors (Lipinski definition) is 0. The second kappa shape index (κ2) is 6.06. The minimum Gasteiger partial charge on any atom is -0.312 e. The summed E-state index contributed by atoms with van der Waals surface area (Å²) in [5.41, 5.74) is 0.738. The lowest BCUT2D eigenvalue weighted by Gasteiger charge is -2.32. The largest absolute Gasteiger partial charge is 0.312 e. The van der Waals surface area contributed by atoms with E-state index < -0.39 is 11.8 Å². The monoisotopic (exact) mass is 290 g/mol. The summed E-state index contributed by atoms with van der Waals surface area (Å²) in [5, 5.41) is 9.43. The average molecular weight is 291 g/mol. The second-order valence-corrected chi connectivity index (χ2v) is 5.35. The van der Waals surface area contributed by atoms with Crippen LogP contribution < -0.4 is 4.90 Å². The van der Waals surface area contributed by atoms with E-state index >= 15 is 0 Å². The Balaban J connectivity index is 2.21. The molecule has 0 unspecified atom stereocenters. The van der Waals surface area contributed by atoms with Crippen molar-refractivity contribution >= 4 is 29.0 Å². The molecule has 1 aliphatic heterocycles. The molecule has 0 radical (unpaired) electrons. The van der Waals surface area contributed by atoms with Gasteiger partial charge in [0.1, 0.15) is 5.92 Å². The van der Waals surface area contributed by atoms with Gasteiger partial charge in [-0.25, -0.2) is 0 Å². The third-order valence-corrected chi connectivity index (χ3v) is 3.79. The van der Waals surface area contributed by atoms with Crippen molar-refractivity contribution in [2.75, 3.05) is 11.4 Å². The van der Waals surface area contributed by atoms with E-state index in [4.69, 9.17) is 16.9 Å². The molecule has 20 heavy (non-hydrogen) atoms. The van der Waals surface area contributed by atoms with Crippen molar-refractivity contribution in [2.45, 2.75) is 19.8 Å². The summed E-state index contributed by atoms with van der Waals surface area (Å²) < 4.78 is 0. The molecule has 4 nitrogen and oxygen atoms in total. The molecule has 1 aromatic carbocycles. The van der Waals surface area contributed by atoms with Crippen molar-refractivity contribution in [3.05, 3.63) is 29.3 Å². The predicted octanol–water partition coefficient (Wildman–Crippen LogP) is 2.81. The van der Waals surface area contributed by atoms with Crippen LogP contribution in [0.2, 0.25) is 5.02 Å². The molecule has 0 bridgehead atoms. The van der Waals surface area contributed by atoms with Gasteiger partial charge < -0.3 is 4.90 Å². The van der Waals surface area contributed by atoms with Gasteiger partial charge in [-0.15, -0.1) is 0 Å². The molecule has 1 amide bonds. The molecule has 5 heteroatoms. The summed E-state index contributed by atoms with van der Waals surface area (Å²) in [7, 11) is 0. The Morgan fingerprint density at radius 1 is 1.45 bits per heavy atom. The number of amides is 1. The number of benzene rings is 1. The lowest BCUT2D eigenvalue weighted by Crippen LogP contribution is -2.45. The van der Waals surface area contributed by atoms with E-state index in [0.29, 0.717) is 18.0 Å². The maximum absolute atomic E-state index is 12.4. The lowest BCUT2D eigenvalue weighted by atomic mass is 9.87. The zero-order valence-corrected chi connectivity index (χ0v) is 11.9. The van der Waals surface area contributed by atoms with Gasteiger partial charge in [0.25, 0.3) is 0 Å². The molecule has 0 spiro atoms. The minimum atomic E-state index is -0.742. The highest BCUT2D eigenvalue weighted by atomic mass is 35.5. The van der Waals surface area contributed by atoms with Gasteiger partial charge in [0.05, 0.1) is 12.0 Å². The summed E-state index contributed by atoms with van der Waals surface area (Å²) in [6, 6.07) is 8.87. The van der Waals surface area contributed by atoms with Crippen LogP contribution in [0, 0.1) is 23.2 Å². The number of rotatable bonds is 3. The molecule has 1 saturated heterocycles. The molecular weight excluding hydrogens is 276 g/mol. The van der Waals surface area contributed by atoms with Gasteiger partial charge in [-0.2, -0.15) is 5.26 Å². The van der Waals surface area contributed by atoms with Gasteiger partial charge in [0.15, 0.2) is 5.78 Å². The fourth-order valence-corrected chi connectivity index (χ4v) is 2.51. The molecular formula is C15H15ClN2O2. The SMILES string of the molecule is C[C@H](C#N)C(=O)[C@@H]1CCCN(c2ccc(Cl)cc2)C1=O.